The summed E-state index contributed by atoms with van der Waals surface area (Å²) in [6, 6.07) is 2.13. The maximum absolute atomic E-state index is 13.6. The number of hydrogen-bond acceptors (Lipinski definition) is 4. The predicted octanol–water partition coefficient (Wildman–Crippen LogP) is 4.10. The normalized spacial score (nSPS) is 23.6. The minimum Gasteiger partial charge on any atom is -0.507 e. The van der Waals surface area contributed by atoms with Crippen LogP contribution in [0.2, 0.25) is 0 Å². The number of rotatable bonds is 3. The topological polar surface area (TPSA) is 55.8 Å². The van der Waals surface area contributed by atoms with E-state index in [1.807, 2.05) is 0 Å². The molecule has 1 heterocycles. The van der Waals surface area contributed by atoms with Gasteiger partial charge in [0.1, 0.15) is 11.6 Å². The van der Waals surface area contributed by atoms with E-state index in [-0.39, 0.29) is 23.3 Å². The van der Waals surface area contributed by atoms with Gasteiger partial charge in [-0.05, 0) is 32.9 Å². The second-order valence-corrected chi connectivity index (χ2v) is 5.96. The number of halogens is 4. The van der Waals surface area contributed by atoms with Crippen LogP contribution in [0.5, 0.6) is 5.75 Å². The lowest BCUT2D eigenvalue weighted by Gasteiger charge is -2.32. The second kappa shape index (κ2) is 6.24. The zero-order chi connectivity index (χ0) is 19.2. The Bertz CT molecular complexity index is 739. The van der Waals surface area contributed by atoms with Gasteiger partial charge in [-0.1, -0.05) is 6.92 Å². The van der Waals surface area contributed by atoms with Crippen molar-refractivity contribution in [1.82, 2.24) is 0 Å². The molecule has 0 amide bonds. The molecule has 1 N–H and O–H groups in total. The van der Waals surface area contributed by atoms with Crippen molar-refractivity contribution in [2.24, 2.45) is 5.92 Å². The standard InChI is InChI=1S/C17H18F4O4/c1-5-24-15(23)14-12(9(3)16(4,25-14)17(19,20)21)10-6-7-11(18)8(2)13(10)22/h6-7,9,22H,5H2,1-4H3/t9-,16?/m1/s1. The van der Waals surface area contributed by atoms with E-state index in [4.69, 9.17) is 9.47 Å². The van der Waals surface area contributed by atoms with Crippen LogP contribution in [0.25, 0.3) is 5.57 Å². The van der Waals surface area contributed by atoms with Gasteiger partial charge >= 0.3 is 12.1 Å². The Balaban J connectivity index is 2.70. The first-order valence-electron chi connectivity index (χ1n) is 7.61. The van der Waals surface area contributed by atoms with Crippen molar-refractivity contribution in [2.45, 2.75) is 39.5 Å². The zero-order valence-corrected chi connectivity index (χ0v) is 14.1. The van der Waals surface area contributed by atoms with E-state index in [2.05, 4.69) is 0 Å². The minimum absolute atomic E-state index is 0.0650. The number of esters is 1. The fraction of sp³-hybridized carbons (Fsp3) is 0.471. The summed E-state index contributed by atoms with van der Waals surface area (Å²) in [5, 5.41) is 10.2. The molecule has 138 valence electrons. The Labute approximate surface area is 142 Å². The monoisotopic (exact) mass is 362 g/mol. The number of ether oxygens (including phenoxy) is 2. The van der Waals surface area contributed by atoms with Crippen LogP contribution in [-0.4, -0.2) is 29.5 Å². The highest BCUT2D eigenvalue weighted by molar-refractivity contribution is 5.98. The van der Waals surface area contributed by atoms with Crippen LogP contribution >= 0.6 is 0 Å². The van der Waals surface area contributed by atoms with E-state index in [1.165, 1.54) is 20.8 Å². The van der Waals surface area contributed by atoms with E-state index in [1.54, 1.807) is 0 Å². The van der Waals surface area contributed by atoms with Gasteiger partial charge in [0.15, 0.2) is 0 Å². The molecule has 8 heteroatoms. The molecule has 0 spiro atoms. The molecule has 0 saturated carbocycles. The van der Waals surface area contributed by atoms with Gasteiger partial charge in [0.05, 0.1) is 6.61 Å². The molecular weight excluding hydrogens is 344 g/mol. The quantitative estimate of drug-likeness (QED) is 0.650. The highest BCUT2D eigenvalue weighted by Crippen LogP contribution is 2.53. The fourth-order valence-electron chi connectivity index (χ4n) is 2.73. The van der Waals surface area contributed by atoms with Crippen LogP contribution in [-0.2, 0) is 14.3 Å². The maximum Gasteiger partial charge on any atom is 0.428 e. The van der Waals surface area contributed by atoms with E-state index < -0.39 is 41.0 Å². The summed E-state index contributed by atoms with van der Waals surface area (Å²) < 4.78 is 63.9. The largest absolute Gasteiger partial charge is 0.507 e. The first kappa shape index (κ1) is 19.1. The van der Waals surface area contributed by atoms with Crippen LogP contribution in [0.1, 0.15) is 31.9 Å². The SMILES string of the molecule is CCOC(=O)C1=C(c2ccc(F)c(C)c2O)[C@@H](C)C(C)(C(F)(F)F)O1. The fourth-order valence-corrected chi connectivity index (χ4v) is 2.73. The minimum atomic E-state index is -4.78. The zero-order valence-electron chi connectivity index (χ0n) is 14.1. The summed E-state index contributed by atoms with van der Waals surface area (Å²) in [4.78, 5) is 12.1. The van der Waals surface area contributed by atoms with Crippen molar-refractivity contribution in [1.29, 1.82) is 0 Å². The third kappa shape index (κ3) is 2.94. The van der Waals surface area contributed by atoms with Crippen molar-refractivity contribution in [2.75, 3.05) is 6.61 Å². The van der Waals surface area contributed by atoms with Gasteiger partial charge in [-0.25, -0.2) is 9.18 Å². The molecule has 1 unspecified atom stereocenters. The number of carbonyl (C=O) groups excluding carboxylic acids is 1. The molecule has 1 aromatic carbocycles. The van der Waals surface area contributed by atoms with Crippen LogP contribution in [0, 0.1) is 18.7 Å². The van der Waals surface area contributed by atoms with Gasteiger partial charge in [-0.2, -0.15) is 13.2 Å². The molecule has 0 bridgehead atoms. The lowest BCUT2D eigenvalue weighted by atomic mass is 9.82. The van der Waals surface area contributed by atoms with Gasteiger partial charge in [0.25, 0.3) is 0 Å². The predicted molar refractivity (Wildman–Crippen MR) is 81.1 cm³/mol. The first-order valence-corrected chi connectivity index (χ1v) is 7.61. The van der Waals surface area contributed by atoms with Crippen LogP contribution in [0.3, 0.4) is 0 Å². The number of phenols is 1. The molecule has 0 radical (unpaired) electrons. The van der Waals surface area contributed by atoms with Crippen molar-refractivity contribution >= 4 is 11.5 Å². The Hall–Kier alpha value is -2.25. The van der Waals surface area contributed by atoms with E-state index >= 15 is 0 Å². The summed E-state index contributed by atoms with van der Waals surface area (Å²) >= 11 is 0. The number of phenolic OH excluding ortho intramolecular Hbond substituents is 1. The van der Waals surface area contributed by atoms with Crippen molar-refractivity contribution in [3.8, 4) is 5.75 Å². The molecule has 0 fully saturated rings. The third-order valence-corrected chi connectivity index (χ3v) is 4.50. The molecule has 2 rings (SSSR count). The Morgan fingerprint density at radius 2 is 2.00 bits per heavy atom. The summed E-state index contributed by atoms with van der Waals surface area (Å²) in [6.07, 6.45) is -4.78. The van der Waals surface area contributed by atoms with Crippen LogP contribution in [0.15, 0.2) is 17.9 Å². The second-order valence-electron chi connectivity index (χ2n) is 5.96. The third-order valence-electron chi connectivity index (χ3n) is 4.50. The average molecular weight is 362 g/mol. The van der Waals surface area contributed by atoms with E-state index in [9.17, 15) is 27.5 Å². The highest BCUT2D eigenvalue weighted by atomic mass is 19.4. The lowest BCUT2D eigenvalue weighted by molar-refractivity contribution is -0.262. The Morgan fingerprint density at radius 3 is 2.52 bits per heavy atom. The molecule has 0 aromatic heterocycles. The average Bonchev–Trinajstić information content (AvgIpc) is 2.79. The van der Waals surface area contributed by atoms with Crippen molar-refractivity contribution < 1.29 is 36.9 Å². The highest BCUT2D eigenvalue weighted by Gasteiger charge is 2.63. The molecule has 1 aliphatic heterocycles. The van der Waals surface area contributed by atoms with Gasteiger partial charge in [0, 0.05) is 22.6 Å². The summed E-state index contributed by atoms with van der Waals surface area (Å²) in [7, 11) is 0. The molecule has 0 aliphatic carbocycles. The lowest BCUT2D eigenvalue weighted by Crippen LogP contribution is -2.47. The summed E-state index contributed by atoms with van der Waals surface area (Å²) in [6.45, 7) is 4.76. The molecule has 1 aromatic rings. The number of benzene rings is 1. The van der Waals surface area contributed by atoms with Crippen molar-refractivity contribution in [3.05, 3.63) is 34.8 Å². The van der Waals surface area contributed by atoms with Crippen molar-refractivity contribution in [3.63, 3.8) is 0 Å². The van der Waals surface area contributed by atoms with Gasteiger partial charge in [-0.3, -0.25) is 0 Å². The number of alkyl halides is 3. The Kier molecular flexibility index (Phi) is 4.76. The molecule has 25 heavy (non-hydrogen) atoms. The molecule has 2 atom stereocenters. The van der Waals surface area contributed by atoms with E-state index in [0.717, 1.165) is 19.1 Å². The van der Waals surface area contributed by atoms with Gasteiger partial charge < -0.3 is 14.6 Å². The number of carbonyl (C=O) groups is 1. The summed E-state index contributed by atoms with van der Waals surface area (Å²) in [5.74, 6) is -4.29. The molecular formula is C17H18F4O4. The number of aromatic hydroxyl groups is 1. The van der Waals surface area contributed by atoms with Crippen LogP contribution < -0.4 is 0 Å². The number of hydrogen-bond donors (Lipinski definition) is 1. The molecule has 4 nitrogen and oxygen atoms in total. The Morgan fingerprint density at radius 1 is 1.40 bits per heavy atom. The van der Waals surface area contributed by atoms with Gasteiger partial charge in [-0.15, -0.1) is 0 Å². The smallest absolute Gasteiger partial charge is 0.428 e. The summed E-state index contributed by atoms with van der Waals surface area (Å²) in [5.41, 5.74) is -3.08. The molecule has 1 aliphatic rings. The first-order chi connectivity index (χ1) is 11.5. The van der Waals surface area contributed by atoms with E-state index in [0.29, 0.717) is 0 Å². The van der Waals surface area contributed by atoms with Crippen LogP contribution in [0.4, 0.5) is 17.6 Å². The van der Waals surface area contributed by atoms with Gasteiger partial charge in [0.2, 0.25) is 11.4 Å². The molecule has 0 saturated heterocycles. The maximum atomic E-state index is 13.6.